The zero-order valence-electron chi connectivity index (χ0n) is 12.8. The van der Waals surface area contributed by atoms with E-state index in [4.69, 9.17) is 0 Å². The van der Waals surface area contributed by atoms with Gasteiger partial charge in [0.25, 0.3) is 0 Å². The van der Waals surface area contributed by atoms with E-state index in [9.17, 15) is 0 Å². The highest BCUT2D eigenvalue weighted by atomic mass is 15.1. The summed E-state index contributed by atoms with van der Waals surface area (Å²) in [7, 11) is 2.24. The second-order valence-corrected chi connectivity index (χ2v) is 6.74. The molecule has 0 aromatic heterocycles. The number of piperidine rings is 2. The molecule has 1 unspecified atom stereocenters. The molecule has 3 rings (SSSR count). The van der Waals surface area contributed by atoms with Gasteiger partial charge in [-0.25, -0.2) is 0 Å². The number of rotatable bonds is 3. The van der Waals surface area contributed by atoms with Gasteiger partial charge in [-0.15, -0.1) is 0 Å². The van der Waals surface area contributed by atoms with E-state index < -0.39 is 0 Å². The fourth-order valence-corrected chi connectivity index (χ4v) is 3.75. The molecule has 110 valence electrons. The van der Waals surface area contributed by atoms with Crippen LogP contribution in [-0.2, 0) is 6.42 Å². The summed E-state index contributed by atoms with van der Waals surface area (Å²) < 4.78 is 0. The van der Waals surface area contributed by atoms with Crippen LogP contribution in [0.4, 0.5) is 0 Å². The lowest BCUT2D eigenvalue weighted by molar-refractivity contribution is 0.255. The standard InChI is InChI=1S/C18H28N2/c1-20-10-7-17(8-11-20)18-6-2-4-15(13-18)12-16-5-3-9-19-14-16/h2,4,6,13,16-17,19H,3,5,7-12,14H2,1H3. The first kappa shape index (κ1) is 14.1. The van der Waals surface area contributed by atoms with Crippen molar-refractivity contribution < 1.29 is 0 Å². The molecule has 2 fully saturated rings. The van der Waals surface area contributed by atoms with Gasteiger partial charge in [0, 0.05) is 0 Å². The maximum absolute atomic E-state index is 3.53. The maximum atomic E-state index is 3.53. The van der Waals surface area contributed by atoms with Crippen molar-refractivity contribution >= 4 is 0 Å². The fourth-order valence-electron chi connectivity index (χ4n) is 3.75. The Hall–Kier alpha value is -0.860. The average molecular weight is 272 g/mol. The lowest BCUT2D eigenvalue weighted by Crippen LogP contribution is -2.31. The molecule has 1 N–H and O–H groups in total. The Kier molecular flexibility index (Phi) is 4.74. The van der Waals surface area contributed by atoms with Gasteiger partial charge in [-0.2, -0.15) is 0 Å². The first-order valence-corrected chi connectivity index (χ1v) is 8.29. The molecular formula is C18H28N2. The minimum Gasteiger partial charge on any atom is -0.316 e. The number of nitrogens with one attached hydrogen (secondary N) is 1. The Labute approximate surface area is 123 Å². The normalized spacial score (nSPS) is 25.8. The Bertz CT molecular complexity index is 415. The van der Waals surface area contributed by atoms with Crippen LogP contribution in [0.15, 0.2) is 24.3 Å². The Balaban J connectivity index is 1.63. The molecule has 0 amide bonds. The highest BCUT2D eigenvalue weighted by molar-refractivity contribution is 5.27. The van der Waals surface area contributed by atoms with Crippen LogP contribution in [0.5, 0.6) is 0 Å². The van der Waals surface area contributed by atoms with Crippen molar-refractivity contribution in [2.24, 2.45) is 5.92 Å². The monoisotopic (exact) mass is 272 g/mol. The molecular weight excluding hydrogens is 244 g/mol. The Morgan fingerprint density at radius 3 is 2.80 bits per heavy atom. The second-order valence-electron chi connectivity index (χ2n) is 6.74. The molecule has 1 aromatic rings. The smallest absolute Gasteiger partial charge is 0.00159 e. The SMILES string of the molecule is CN1CCC(c2cccc(CC3CCCNC3)c2)CC1. The molecule has 2 saturated heterocycles. The topological polar surface area (TPSA) is 15.3 Å². The summed E-state index contributed by atoms with van der Waals surface area (Å²) in [6.07, 6.45) is 6.65. The third-order valence-electron chi connectivity index (χ3n) is 5.06. The molecule has 1 atom stereocenters. The summed E-state index contributed by atoms with van der Waals surface area (Å²) >= 11 is 0. The van der Waals surface area contributed by atoms with E-state index in [0.29, 0.717) is 0 Å². The summed E-state index contributed by atoms with van der Waals surface area (Å²) in [4.78, 5) is 2.45. The first-order chi connectivity index (χ1) is 9.81. The Morgan fingerprint density at radius 2 is 2.05 bits per heavy atom. The summed E-state index contributed by atoms with van der Waals surface area (Å²) in [6, 6.07) is 9.44. The minimum absolute atomic E-state index is 0.788. The van der Waals surface area contributed by atoms with Crippen LogP contribution in [0.3, 0.4) is 0 Å². The lowest BCUT2D eigenvalue weighted by Gasteiger charge is -2.29. The number of nitrogens with zero attached hydrogens (tertiary/aromatic N) is 1. The van der Waals surface area contributed by atoms with Crippen molar-refractivity contribution in [3.8, 4) is 0 Å². The van der Waals surface area contributed by atoms with E-state index >= 15 is 0 Å². The third-order valence-corrected chi connectivity index (χ3v) is 5.06. The van der Waals surface area contributed by atoms with E-state index in [0.717, 1.165) is 11.8 Å². The highest BCUT2D eigenvalue weighted by Crippen LogP contribution is 2.28. The van der Waals surface area contributed by atoms with Gasteiger partial charge >= 0.3 is 0 Å². The minimum atomic E-state index is 0.788. The average Bonchev–Trinajstić information content (AvgIpc) is 2.49. The van der Waals surface area contributed by atoms with Gasteiger partial charge in [-0.05, 0) is 88.3 Å². The van der Waals surface area contributed by atoms with E-state index in [1.807, 2.05) is 0 Å². The zero-order chi connectivity index (χ0) is 13.8. The van der Waals surface area contributed by atoms with Crippen molar-refractivity contribution in [3.63, 3.8) is 0 Å². The van der Waals surface area contributed by atoms with Gasteiger partial charge in [0.15, 0.2) is 0 Å². The lowest BCUT2D eigenvalue weighted by atomic mass is 9.86. The predicted octanol–water partition coefficient (Wildman–Crippen LogP) is 3.04. The summed E-state index contributed by atoms with van der Waals surface area (Å²) in [5, 5.41) is 3.53. The van der Waals surface area contributed by atoms with Crippen LogP contribution < -0.4 is 5.32 Å². The summed E-state index contributed by atoms with van der Waals surface area (Å²) in [6.45, 7) is 4.92. The van der Waals surface area contributed by atoms with Gasteiger partial charge in [0.05, 0.1) is 0 Å². The fraction of sp³-hybridized carbons (Fsp3) is 0.667. The molecule has 0 radical (unpaired) electrons. The van der Waals surface area contributed by atoms with Gasteiger partial charge < -0.3 is 10.2 Å². The molecule has 0 saturated carbocycles. The van der Waals surface area contributed by atoms with E-state index in [1.54, 1.807) is 11.1 Å². The van der Waals surface area contributed by atoms with Crippen molar-refractivity contribution in [2.75, 3.05) is 33.2 Å². The molecule has 0 bridgehead atoms. The number of hydrogen-bond donors (Lipinski definition) is 1. The maximum Gasteiger partial charge on any atom is -0.00159 e. The quantitative estimate of drug-likeness (QED) is 0.910. The van der Waals surface area contributed by atoms with Crippen LogP contribution in [0, 0.1) is 5.92 Å². The molecule has 2 heteroatoms. The number of likely N-dealkylation sites (tertiary alicyclic amines) is 1. The molecule has 0 aliphatic carbocycles. The predicted molar refractivity (Wildman–Crippen MR) is 85.2 cm³/mol. The molecule has 0 spiro atoms. The van der Waals surface area contributed by atoms with Crippen LogP contribution in [-0.4, -0.2) is 38.1 Å². The third kappa shape index (κ3) is 3.62. The highest BCUT2D eigenvalue weighted by Gasteiger charge is 2.19. The van der Waals surface area contributed by atoms with Crippen molar-refractivity contribution in [3.05, 3.63) is 35.4 Å². The largest absolute Gasteiger partial charge is 0.316 e. The van der Waals surface area contributed by atoms with Crippen molar-refractivity contribution in [2.45, 2.75) is 38.0 Å². The molecule has 1 aromatic carbocycles. The zero-order valence-corrected chi connectivity index (χ0v) is 12.8. The molecule has 2 aliphatic rings. The van der Waals surface area contributed by atoms with Crippen LogP contribution in [0.1, 0.15) is 42.7 Å². The number of hydrogen-bond acceptors (Lipinski definition) is 2. The van der Waals surface area contributed by atoms with Crippen LogP contribution >= 0.6 is 0 Å². The van der Waals surface area contributed by atoms with Gasteiger partial charge in [0.1, 0.15) is 0 Å². The van der Waals surface area contributed by atoms with Crippen LogP contribution in [0.2, 0.25) is 0 Å². The van der Waals surface area contributed by atoms with Crippen molar-refractivity contribution in [1.82, 2.24) is 10.2 Å². The molecule has 2 heterocycles. The summed E-state index contributed by atoms with van der Waals surface area (Å²) in [5.74, 6) is 1.63. The van der Waals surface area contributed by atoms with E-state index in [-0.39, 0.29) is 0 Å². The van der Waals surface area contributed by atoms with Gasteiger partial charge in [-0.3, -0.25) is 0 Å². The van der Waals surface area contributed by atoms with E-state index in [1.165, 1.54) is 58.3 Å². The number of benzene rings is 1. The summed E-state index contributed by atoms with van der Waals surface area (Å²) in [5.41, 5.74) is 3.13. The van der Waals surface area contributed by atoms with Gasteiger partial charge in [-0.1, -0.05) is 24.3 Å². The molecule has 20 heavy (non-hydrogen) atoms. The second kappa shape index (κ2) is 6.73. The van der Waals surface area contributed by atoms with Crippen LogP contribution in [0.25, 0.3) is 0 Å². The molecule has 2 aliphatic heterocycles. The van der Waals surface area contributed by atoms with E-state index in [2.05, 4.69) is 41.5 Å². The Morgan fingerprint density at radius 1 is 1.20 bits per heavy atom. The van der Waals surface area contributed by atoms with Gasteiger partial charge in [0.2, 0.25) is 0 Å². The van der Waals surface area contributed by atoms with Crippen molar-refractivity contribution in [1.29, 1.82) is 0 Å². The first-order valence-electron chi connectivity index (χ1n) is 8.29. The molecule has 2 nitrogen and oxygen atoms in total.